The van der Waals surface area contributed by atoms with E-state index in [-0.39, 0.29) is 31.0 Å². The molecule has 0 bridgehead atoms. The molecule has 0 aliphatic heterocycles. The summed E-state index contributed by atoms with van der Waals surface area (Å²) in [6, 6.07) is 5.28. The van der Waals surface area contributed by atoms with Crippen LogP contribution in [-0.4, -0.2) is 43.7 Å². The highest BCUT2D eigenvalue weighted by Crippen LogP contribution is 2.19. The van der Waals surface area contributed by atoms with Crippen LogP contribution in [0, 0.1) is 0 Å². The maximum absolute atomic E-state index is 12.4. The van der Waals surface area contributed by atoms with Gasteiger partial charge >= 0.3 is 11.7 Å². The first-order valence-electron chi connectivity index (χ1n) is 9.90. The van der Waals surface area contributed by atoms with Crippen molar-refractivity contribution in [1.29, 1.82) is 0 Å². The SMILES string of the molecule is COC(=O)CCC(=O)Cl.Cn1c(=O)oc2ccc(CNC(=O)c3ncnc4c(N)c[nH]c34)cc21. The smallest absolute Gasteiger partial charge is 0.419 e. The molecule has 0 atom stereocenters. The van der Waals surface area contributed by atoms with E-state index >= 15 is 0 Å². The highest BCUT2D eigenvalue weighted by Gasteiger charge is 2.15. The molecule has 1 aromatic carbocycles. The summed E-state index contributed by atoms with van der Waals surface area (Å²) in [6.45, 7) is 0.274. The molecule has 12 nitrogen and oxygen atoms in total. The zero-order valence-electron chi connectivity index (χ0n) is 18.3. The molecule has 0 radical (unpaired) electrons. The van der Waals surface area contributed by atoms with E-state index in [9.17, 15) is 19.2 Å². The molecular formula is C21H21ClN6O6. The Labute approximate surface area is 197 Å². The van der Waals surface area contributed by atoms with Gasteiger partial charge in [0.25, 0.3) is 5.91 Å². The minimum absolute atomic E-state index is 0.0498. The lowest BCUT2D eigenvalue weighted by molar-refractivity contribution is -0.141. The van der Waals surface area contributed by atoms with Gasteiger partial charge in [0.2, 0.25) is 5.24 Å². The Balaban J connectivity index is 0.000000309. The van der Waals surface area contributed by atoms with Gasteiger partial charge < -0.3 is 25.2 Å². The predicted octanol–water partition coefficient (Wildman–Crippen LogP) is 1.62. The first kappa shape index (κ1) is 24.5. The number of rotatable bonds is 6. The van der Waals surface area contributed by atoms with Gasteiger partial charge in [-0.05, 0) is 29.3 Å². The average molecular weight is 489 g/mol. The van der Waals surface area contributed by atoms with Gasteiger partial charge in [-0.15, -0.1) is 0 Å². The second kappa shape index (κ2) is 10.6. The number of amides is 1. The van der Waals surface area contributed by atoms with Crippen molar-refractivity contribution in [1.82, 2.24) is 24.8 Å². The number of anilines is 1. The summed E-state index contributed by atoms with van der Waals surface area (Å²) < 4.78 is 10.8. The molecule has 4 rings (SSSR count). The molecule has 0 spiro atoms. The van der Waals surface area contributed by atoms with E-state index < -0.39 is 17.0 Å². The number of benzene rings is 1. The van der Waals surface area contributed by atoms with E-state index in [0.29, 0.717) is 27.8 Å². The van der Waals surface area contributed by atoms with Crippen molar-refractivity contribution in [3.63, 3.8) is 0 Å². The number of aromatic amines is 1. The van der Waals surface area contributed by atoms with Gasteiger partial charge in [0.15, 0.2) is 11.3 Å². The van der Waals surface area contributed by atoms with Crippen molar-refractivity contribution in [2.45, 2.75) is 19.4 Å². The lowest BCUT2D eigenvalue weighted by Crippen LogP contribution is -2.24. The number of nitrogens with one attached hydrogen (secondary N) is 2. The van der Waals surface area contributed by atoms with Crippen molar-refractivity contribution in [2.75, 3.05) is 12.8 Å². The normalized spacial score (nSPS) is 10.6. The molecular weight excluding hydrogens is 468 g/mol. The number of halogens is 1. The summed E-state index contributed by atoms with van der Waals surface area (Å²) in [5.41, 5.74) is 9.46. The van der Waals surface area contributed by atoms with Crippen molar-refractivity contribution >= 4 is 56.5 Å². The molecule has 0 aliphatic carbocycles. The van der Waals surface area contributed by atoms with Crippen LogP contribution in [0.3, 0.4) is 0 Å². The molecule has 0 saturated heterocycles. The van der Waals surface area contributed by atoms with Crippen LogP contribution in [0.1, 0.15) is 28.9 Å². The number of H-pyrrole nitrogens is 1. The van der Waals surface area contributed by atoms with Crippen LogP contribution in [0.25, 0.3) is 22.1 Å². The maximum atomic E-state index is 12.4. The zero-order valence-corrected chi connectivity index (χ0v) is 19.0. The van der Waals surface area contributed by atoms with E-state index in [1.54, 1.807) is 31.4 Å². The molecule has 3 heterocycles. The third-order valence-corrected chi connectivity index (χ3v) is 4.96. The lowest BCUT2D eigenvalue weighted by Gasteiger charge is -2.06. The van der Waals surface area contributed by atoms with E-state index in [0.717, 1.165) is 5.56 Å². The zero-order chi connectivity index (χ0) is 24.8. The van der Waals surface area contributed by atoms with Crippen LogP contribution < -0.4 is 16.8 Å². The fourth-order valence-corrected chi connectivity index (χ4v) is 3.08. The predicted molar refractivity (Wildman–Crippen MR) is 123 cm³/mol. The van der Waals surface area contributed by atoms with E-state index in [4.69, 9.17) is 21.8 Å². The molecule has 1 amide bonds. The van der Waals surface area contributed by atoms with Gasteiger partial charge in [0, 0.05) is 26.2 Å². The summed E-state index contributed by atoms with van der Waals surface area (Å²) in [5.74, 6) is -1.19. The van der Waals surface area contributed by atoms with Gasteiger partial charge in [0.05, 0.1) is 30.3 Å². The number of hydrogen-bond donors (Lipinski definition) is 3. The molecule has 13 heteroatoms. The Bertz CT molecular complexity index is 1420. The van der Waals surface area contributed by atoms with Crippen LogP contribution in [0.4, 0.5) is 5.69 Å². The molecule has 0 fully saturated rings. The summed E-state index contributed by atoms with van der Waals surface area (Å²) in [6.07, 6.45) is 2.99. The molecule has 4 N–H and O–H groups in total. The molecule has 3 aromatic heterocycles. The minimum atomic E-state index is -0.514. The average Bonchev–Trinajstić information content (AvgIpc) is 3.35. The third-order valence-electron chi connectivity index (χ3n) is 4.77. The number of oxazole rings is 1. The fourth-order valence-electron chi connectivity index (χ4n) is 2.98. The van der Waals surface area contributed by atoms with Crippen LogP contribution >= 0.6 is 11.6 Å². The van der Waals surface area contributed by atoms with Crippen LogP contribution in [-0.2, 0) is 27.9 Å². The van der Waals surface area contributed by atoms with Gasteiger partial charge in [-0.1, -0.05) is 6.07 Å². The van der Waals surface area contributed by atoms with Crippen LogP contribution in [0.2, 0.25) is 0 Å². The van der Waals surface area contributed by atoms with Gasteiger partial charge in [0.1, 0.15) is 11.8 Å². The second-order valence-electron chi connectivity index (χ2n) is 7.03. The summed E-state index contributed by atoms with van der Waals surface area (Å²) >= 11 is 4.93. The molecule has 0 aliphatic rings. The Morgan fingerprint density at radius 2 is 2.03 bits per heavy atom. The maximum Gasteiger partial charge on any atom is 0.419 e. The Morgan fingerprint density at radius 3 is 2.74 bits per heavy atom. The number of nitrogens with two attached hydrogens (primary N) is 1. The number of aromatic nitrogens is 4. The summed E-state index contributed by atoms with van der Waals surface area (Å²) in [7, 11) is 2.89. The number of nitrogen functional groups attached to an aromatic ring is 1. The fraction of sp³-hybridized carbons (Fsp3) is 0.238. The molecule has 178 valence electrons. The van der Waals surface area contributed by atoms with Crippen molar-refractivity contribution < 1.29 is 23.5 Å². The first-order chi connectivity index (χ1) is 16.2. The number of ether oxygens (including phenoxy) is 1. The molecule has 34 heavy (non-hydrogen) atoms. The number of carbonyl (C=O) groups is 3. The van der Waals surface area contributed by atoms with Crippen LogP contribution in [0.15, 0.2) is 39.9 Å². The summed E-state index contributed by atoms with van der Waals surface area (Å²) in [4.78, 5) is 55.3. The monoisotopic (exact) mass is 488 g/mol. The highest BCUT2D eigenvalue weighted by molar-refractivity contribution is 6.63. The largest absolute Gasteiger partial charge is 0.469 e. The second-order valence-corrected chi connectivity index (χ2v) is 7.45. The van der Waals surface area contributed by atoms with Gasteiger partial charge in [-0.2, -0.15) is 0 Å². The first-order valence-corrected chi connectivity index (χ1v) is 10.3. The Kier molecular flexibility index (Phi) is 7.64. The number of hydrogen-bond acceptors (Lipinski definition) is 9. The highest BCUT2D eigenvalue weighted by atomic mass is 35.5. The number of aryl methyl sites for hydroxylation is 1. The lowest BCUT2D eigenvalue weighted by atomic mass is 10.2. The Hall–Kier alpha value is -4.19. The van der Waals surface area contributed by atoms with Gasteiger partial charge in [-0.3, -0.25) is 19.0 Å². The number of fused-ring (bicyclic) bond motifs is 2. The summed E-state index contributed by atoms with van der Waals surface area (Å²) in [5, 5.41) is 2.29. The van der Waals surface area contributed by atoms with Crippen molar-refractivity contribution in [3.05, 3.63) is 52.5 Å². The molecule has 0 saturated carbocycles. The van der Waals surface area contributed by atoms with Crippen molar-refractivity contribution in [3.8, 4) is 0 Å². The quantitative estimate of drug-likeness (QED) is 0.269. The van der Waals surface area contributed by atoms with Gasteiger partial charge in [-0.25, -0.2) is 14.8 Å². The number of nitrogens with zero attached hydrogens (tertiary/aromatic N) is 3. The number of methoxy groups -OCH3 is 1. The van der Waals surface area contributed by atoms with E-state index in [2.05, 4.69) is 25.0 Å². The molecule has 4 aromatic rings. The van der Waals surface area contributed by atoms with Crippen molar-refractivity contribution in [2.24, 2.45) is 7.05 Å². The van der Waals surface area contributed by atoms with E-state index in [1.165, 1.54) is 18.0 Å². The van der Waals surface area contributed by atoms with Crippen LogP contribution in [0.5, 0.6) is 0 Å². The van der Waals surface area contributed by atoms with E-state index in [1.807, 2.05) is 0 Å². The third kappa shape index (κ3) is 5.59. The number of carbonyl (C=O) groups excluding carboxylic acids is 3. The molecule has 0 unspecified atom stereocenters. The standard InChI is InChI=1S/C16H14N6O3.C5H7ClO3/c1-22-10-4-8(2-3-11(10)25-16(22)24)5-19-15(23)14-13-12(20-7-21-14)9(17)6-18-13;1-9-5(8)3-2-4(6)7/h2-4,6-7,18H,5,17H2,1H3,(H,19,23);2-3H2,1H3. The topological polar surface area (TPSA) is 175 Å². The Morgan fingerprint density at radius 1 is 1.26 bits per heavy atom. The number of esters is 1. The minimum Gasteiger partial charge on any atom is -0.469 e.